The Labute approximate surface area is 182 Å². The van der Waals surface area contributed by atoms with Crippen LogP contribution in [0.3, 0.4) is 0 Å². The topological polar surface area (TPSA) is 76.5 Å². The maximum atomic E-state index is 14.4. The van der Waals surface area contributed by atoms with E-state index < -0.39 is 29.7 Å². The van der Waals surface area contributed by atoms with E-state index in [1.807, 2.05) is 6.92 Å². The molecule has 0 radical (unpaired) electrons. The predicted molar refractivity (Wildman–Crippen MR) is 112 cm³/mol. The summed E-state index contributed by atoms with van der Waals surface area (Å²) >= 11 is 0. The number of rotatable bonds is 2. The van der Waals surface area contributed by atoms with Crippen molar-refractivity contribution in [2.75, 3.05) is 12.1 Å². The Hall–Kier alpha value is -3.07. The number of hydrogen-bond donors (Lipinski definition) is 2. The Morgan fingerprint density at radius 2 is 1.91 bits per heavy atom. The van der Waals surface area contributed by atoms with Crippen LogP contribution in [0.4, 0.5) is 18.9 Å². The summed E-state index contributed by atoms with van der Waals surface area (Å²) in [7, 11) is 0. The molecule has 168 valence electrons. The fourth-order valence-corrected chi connectivity index (χ4v) is 4.93. The number of pyridine rings is 2. The molecule has 9 heteroatoms. The van der Waals surface area contributed by atoms with Crippen molar-refractivity contribution in [3.8, 4) is 11.5 Å². The standard InChI is InChI=1S/C23H22F3N3O3/c1-12-4-5-13-15(28-12)8-27-9-16(13)29-20-14-6-7-17-19(32-11-31-17)18(14)21(2,3)10-22(20,30)23(24,25)26/h4-9,20,29-30H,10-11H2,1-3H3/t20-,22-/m0/s1. The number of aliphatic hydroxyl groups is 1. The van der Waals surface area contributed by atoms with E-state index in [1.54, 1.807) is 44.3 Å². The Kier molecular flexibility index (Phi) is 4.37. The van der Waals surface area contributed by atoms with E-state index in [1.165, 1.54) is 6.20 Å². The van der Waals surface area contributed by atoms with Gasteiger partial charge in [-0.1, -0.05) is 19.9 Å². The molecule has 0 unspecified atom stereocenters. The highest BCUT2D eigenvalue weighted by molar-refractivity contribution is 5.90. The second-order valence-electron chi connectivity index (χ2n) is 9.03. The maximum absolute atomic E-state index is 14.4. The van der Waals surface area contributed by atoms with Crippen molar-refractivity contribution in [2.24, 2.45) is 0 Å². The van der Waals surface area contributed by atoms with Crippen molar-refractivity contribution < 1.29 is 27.8 Å². The average molecular weight is 445 g/mol. The average Bonchev–Trinajstić information content (AvgIpc) is 3.17. The van der Waals surface area contributed by atoms with Gasteiger partial charge < -0.3 is 19.9 Å². The Balaban J connectivity index is 1.72. The lowest BCUT2D eigenvalue weighted by Gasteiger charge is -2.49. The van der Waals surface area contributed by atoms with Crippen molar-refractivity contribution in [2.45, 2.75) is 50.4 Å². The van der Waals surface area contributed by atoms with Crippen LogP contribution < -0.4 is 14.8 Å². The SMILES string of the molecule is Cc1ccc2c(N[C@H]3c4ccc5c(c4C(C)(C)C[C@@]3(O)C(F)(F)F)OCO5)cncc2n1. The summed E-state index contributed by atoms with van der Waals surface area (Å²) in [5.74, 6) is 0.913. The molecular formula is C23H22F3N3O3. The second kappa shape index (κ2) is 6.71. The second-order valence-corrected chi connectivity index (χ2v) is 9.03. The molecular weight excluding hydrogens is 423 g/mol. The van der Waals surface area contributed by atoms with Crippen molar-refractivity contribution in [1.29, 1.82) is 0 Å². The third-order valence-corrected chi connectivity index (χ3v) is 6.29. The van der Waals surface area contributed by atoms with Crippen LogP contribution in [0.1, 0.15) is 43.1 Å². The van der Waals surface area contributed by atoms with Crippen molar-refractivity contribution >= 4 is 16.6 Å². The summed E-state index contributed by atoms with van der Waals surface area (Å²) in [5, 5.41) is 14.8. The number of aryl methyl sites for hydroxylation is 1. The van der Waals surface area contributed by atoms with Gasteiger partial charge in [-0.3, -0.25) is 9.97 Å². The summed E-state index contributed by atoms with van der Waals surface area (Å²) in [6.45, 7) is 5.17. The van der Waals surface area contributed by atoms with Crippen LogP contribution in [0.25, 0.3) is 10.9 Å². The molecule has 0 spiro atoms. The van der Waals surface area contributed by atoms with Gasteiger partial charge in [0.05, 0.1) is 29.6 Å². The van der Waals surface area contributed by atoms with Gasteiger partial charge in [0.25, 0.3) is 0 Å². The van der Waals surface area contributed by atoms with Gasteiger partial charge in [-0.2, -0.15) is 13.2 Å². The Morgan fingerprint density at radius 3 is 2.66 bits per heavy atom. The largest absolute Gasteiger partial charge is 0.454 e. The highest BCUT2D eigenvalue weighted by Crippen LogP contribution is 2.58. The van der Waals surface area contributed by atoms with Crippen molar-refractivity contribution in [3.05, 3.63) is 53.5 Å². The number of anilines is 1. The molecule has 32 heavy (non-hydrogen) atoms. The smallest absolute Gasteiger partial charge is 0.419 e. The highest BCUT2D eigenvalue weighted by Gasteiger charge is 2.64. The summed E-state index contributed by atoms with van der Waals surface area (Å²) in [6.07, 6.45) is -2.44. The van der Waals surface area contributed by atoms with Crippen LogP contribution in [0, 0.1) is 6.92 Å². The van der Waals surface area contributed by atoms with Crippen molar-refractivity contribution in [1.82, 2.24) is 9.97 Å². The zero-order valence-electron chi connectivity index (χ0n) is 17.7. The van der Waals surface area contributed by atoms with Gasteiger partial charge in [0.2, 0.25) is 6.79 Å². The van der Waals surface area contributed by atoms with Crippen LogP contribution in [0.2, 0.25) is 0 Å². The zero-order chi connectivity index (χ0) is 22.9. The van der Waals surface area contributed by atoms with Gasteiger partial charge in [-0.15, -0.1) is 0 Å². The lowest BCUT2D eigenvalue weighted by Crippen LogP contribution is -2.58. The van der Waals surface area contributed by atoms with E-state index in [-0.39, 0.29) is 6.79 Å². The molecule has 2 atom stereocenters. The minimum atomic E-state index is -4.89. The van der Waals surface area contributed by atoms with E-state index >= 15 is 0 Å². The first-order valence-corrected chi connectivity index (χ1v) is 10.2. The normalized spacial score (nSPS) is 23.8. The first kappa shape index (κ1) is 20.8. The Bertz CT molecular complexity index is 1230. The van der Waals surface area contributed by atoms with Crippen LogP contribution in [0.5, 0.6) is 11.5 Å². The number of aromatic nitrogens is 2. The number of alkyl halides is 3. The molecule has 5 rings (SSSR count). The number of nitrogens with one attached hydrogen (secondary N) is 1. The summed E-state index contributed by atoms with van der Waals surface area (Å²) in [6, 6.07) is 5.22. The molecule has 3 heterocycles. The zero-order valence-corrected chi connectivity index (χ0v) is 17.7. The number of nitrogens with zero attached hydrogens (tertiary/aromatic N) is 2. The van der Waals surface area contributed by atoms with Crippen molar-refractivity contribution in [3.63, 3.8) is 0 Å². The fraction of sp³-hybridized carbons (Fsp3) is 0.391. The molecule has 1 aromatic carbocycles. The predicted octanol–water partition coefficient (Wildman–Crippen LogP) is 4.79. The molecule has 0 bridgehead atoms. The van der Waals surface area contributed by atoms with Crippen LogP contribution in [0.15, 0.2) is 36.7 Å². The van der Waals surface area contributed by atoms with Gasteiger partial charge in [0.15, 0.2) is 17.1 Å². The molecule has 1 aliphatic carbocycles. The third-order valence-electron chi connectivity index (χ3n) is 6.29. The fourth-order valence-electron chi connectivity index (χ4n) is 4.93. The summed E-state index contributed by atoms with van der Waals surface area (Å²) in [4.78, 5) is 8.54. The van der Waals surface area contributed by atoms with E-state index in [4.69, 9.17) is 9.47 Å². The molecule has 0 fully saturated rings. The Morgan fingerprint density at radius 1 is 1.12 bits per heavy atom. The lowest BCUT2D eigenvalue weighted by atomic mass is 9.63. The minimum absolute atomic E-state index is 0.00175. The number of halogens is 3. The van der Waals surface area contributed by atoms with Crippen LogP contribution in [-0.2, 0) is 5.41 Å². The molecule has 3 aromatic rings. The minimum Gasteiger partial charge on any atom is -0.454 e. The third kappa shape index (κ3) is 2.98. The number of ether oxygens (including phenoxy) is 2. The molecule has 0 amide bonds. The first-order valence-electron chi connectivity index (χ1n) is 10.2. The number of fused-ring (bicyclic) bond motifs is 4. The van der Waals surface area contributed by atoms with E-state index in [0.29, 0.717) is 39.2 Å². The molecule has 1 aliphatic heterocycles. The molecule has 0 saturated heterocycles. The van der Waals surface area contributed by atoms with Gasteiger partial charge >= 0.3 is 6.18 Å². The van der Waals surface area contributed by atoms with E-state index in [0.717, 1.165) is 5.69 Å². The van der Waals surface area contributed by atoms with Crippen LogP contribution in [-0.4, -0.2) is 33.6 Å². The van der Waals surface area contributed by atoms with E-state index in [9.17, 15) is 18.3 Å². The monoisotopic (exact) mass is 445 g/mol. The maximum Gasteiger partial charge on any atom is 0.419 e. The molecule has 2 aromatic heterocycles. The lowest BCUT2D eigenvalue weighted by molar-refractivity contribution is -0.275. The number of benzene rings is 1. The quantitative estimate of drug-likeness (QED) is 0.591. The van der Waals surface area contributed by atoms with Gasteiger partial charge in [0, 0.05) is 16.6 Å². The molecule has 0 saturated carbocycles. The van der Waals surface area contributed by atoms with Gasteiger partial charge in [-0.25, -0.2) is 0 Å². The van der Waals surface area contributed by atoms with Gasteiger partial charge in [-0.05, 0) is 42.5 Å². The highest BCUT2D eigenvalue weighted by atomic mass is 19.4. The number of hydrogen-bond acceptors (Lipinski definition) is 6. The van der Waals surface area contributed by atoms with E-state index in [2.05, 4.69) is 15.3 Å². The first-order chi connectivity index (χ1) is 15.0. The molecule has 2 N–H and O–H groups in total. The summed E-state index contributed by atoms with van der Waals surface area (Å²) < 4.78 is 54.2. The molecule has 2 aliphatic rings. The van der Waals surface area contributed by atoms with Crippen LogP contribution >= 0.6 is 0 Å². The van der Waals surface area contributed by atoms with Gasteiger partial charge in [0.1, 0.15) is 0 Å². The molecule has 6 nitrogen and oxygen atoms in total. The summed E-state index contributed by atoms with van der Waals surface area (Å²) in [5.41, 5.74) is -1.48.